The average Bonchev–Trinajstić information content (AvgIpc) is 3.40. The average molecular weight is 753 g/mol. The van der Waals surface area contributed by atoms with Crippen LogP contribution in [-0.4, -0.2) is 117 Å². The summed E-state index contributed by atoms with van der Waals surface area (Å²) in [6.07, 6.45) is -10.2. The number of rotatable bonds is 3. The molecule has 23 heteroatoms. The number of likely N-dealkylation sites (tertiary alicyclic amines) is 1. The van der Waals surface area contributed by atoms with Gasteiger partial charge in [0.1, 0.15) is 5.82 Å². The minimum Gasteiger partial charge on any atom is -0.475 e. The maximum atomic E-state index is 10.6. The van der Waals surface area contributed by atoms with E-state index in [9.17, 15) is 39.5 Å². The van der Waals surface area contributed by atoms with Crippen LogP contribution in [-0.2, 0) is 42.4 Å². The van der Waals surface area contributed by atoms with Crippen LogP contribution >= 0.6 is 0 Å². The van der Waals surface area contributed by atoms with Gasteiger partial charge in [0.15, 0.2) is 0 Å². The van der Waals surface area contributed by atoms with Crippen LogP contribution in [0, 0.1) is 0 Å². The number of anilines is 2. The fourth-order valence-corrected chi connectivity index (χ4v) is 5.11. The summed E-state index contributed by atoms with van der Waals surface area (Å²) >= 11 is 0. The van der Waals surface area contributed by atoms with Crippen molar-refractivity contribution in [2.45, 2.75) is 69.6 Å². The van der Waals surface area contributed by atoms with E-state index < -0.39 is 36.4 Å². The van der Waals surface area contributed by atoms with Crippen LogP contribution < -0.4 is 10.6 Å². The van der Waals surface area contributed by atoms with Crippen molar-refractivity contribution < 1.29 is 78.7 Å². The molecule has 0 bridgehead atoms. The highest BCUT2D eigenvalue weighted by atomic mass is 19.4. The molecule has 0 saturated carbocycles. The summed E-state index contributed by atoms with van der Waals surface area (Å²) in [7, 11) is 0. The molecular formula is C28H33F9N6O8. The van der Waals surface area contributed by atoms with Crippen LogP contribution in [0.1, 0.15) is 37.1 Å². The Balaban J connectivity index is 0.000000352. The Morgan fingerprint density at radius 1 is 0.922 bits per heavy atom. The number of ether oxygens (including phenoxy) is 2. The van der Waals surface area contributed by atoms with Crippen LogP contribution in [0.3, 0.4) is 0 Å². The van der Waals surface area contributed by atoms with Crippen molar-refractivity contribution in [2.24, 2.45) is 0 Å². The first-order chi connectivity index (χ1) is 23.4. The number of carbonyl (C=O) groups is 3. The standard InChI is InChI=1S/C22H30N6O2.3C2HF3O2/c1-15-9-28(10-16(2)30-15)21-25-8-18-12-29-14-22(19(18)26-21)5-7-27(13-22)11-17-4-3-6-24-20(17)23;3*3-2(4,5)1(6)7/h3-4,6,8,15-16H,5,7,9-14H2,1-2H3,(H2,23,24);3*(H,6,7). The molecule has 2 aromatic rings. The molecule has 2 saturated heterocycles. The normalized spacial score (nSPS) is 21.9. The Hall–Kier alpha value is -4.51. The quantitative estimate of drug-likeness (QED) is 0.331. The summed E-state index contributed by atoms with van der Waals surface area (Å²) in [6.45, 7) is 9.83. The molecule has 2 aromatic heterocycles. The number of carboxylic acid groups (broad SMARTS) is 3. The van der Waals surface area contributed by atoms with Crippen molar-refractivity contribution in [3.05, 3.63) is 41.3 Å². The Morgan fingerprint density at radius 3 is 1.90 bits per heavy atom. The molecular weight excluding hydrogens is 719 g/mol. The predicted octanol–water partition coefficient (Wildman–Crippen LogP) is 3.64. The monoisotopic (exact) mass is 752 g/mol. The molecule has 5 rings (SSSR count). The van der Waals surface area contributed by atoms with Crippen molar-refractivity contribution in [1.82, 2.24) is 19.9 Å². The number of halogens is 9. The fraction of sp³-hybridized carbons (Fsp3) is 0.571. The van der Waals surface area contributed by atoms with Gasteiger partial charge in [0.05, 0.1) is 36.5 Å². The van der Waals surface area contributed by atoms with Gasteiger partial charge in [-0.05, 0) is 32.9 Å². The Bertz CT molecular complexity index is 1450. The second-order valence-electron chi connectivity index (χ2n) is 11.4. The Kier molecular flexibility index (Phi) is 14.3. The van der Waals surface area contributed by atoms with E-state index >= 15 is 0 Å². The zero-order chi connectivity index (χ0) is 38.9. The number of nitrogen functional groups attached to an aromatic ring is 1. The minimum atomic E-state index is -5.08. The van der Waals surface area contributed by atoms with Gasteiger partial charge >= 0.3 is 36.4 Å². The molecule has 5 heterocycles. The van der Waals surface area contributed by atoms with Gasteiger partial charge in [-0.15, -0.1) is 0 Å². The van der Waals surface area contributed by atoms with Gasteiger partial charge in [0.2, 0.25) is 5.95 Å². The van der Waals surface area contributed by atoms with Crippen LogP contribution in [0.4, 0.5) is 51.3 Å². The van der Waals surface area contributed by atoms with Crippen molar-refractivity contribution in [3.63, 3.8) is 0 Å². The molecule has 51 heavy (non-hydrogen) atoms. The van der Waals surface area contributed by atoms with Gasteiger partial charge < -0.3 is 35.4 Å². The molecule has 3 aliphatic rings. The third-order valence-corrected chi connectivity index (χ3v) is 7.17. The third kappa shape index (κ3) is 13.0. The van der Waals surface area contributed by atoms with Gasteiger partial charge in [0, 0.05) is 49.7 Å². The summed E-state index contributed by atoms with van der Waals surface area (Å²) in [4.78, 5) is 45.4. The number of alkyl halides is 9. The van der Waals surface area contributed by atoms with Crippen molar-refractivity contribution >= 4 is 29.7 Å². The number of nitrogens with zero attached hydrogens (tertiary/aromatic N) is 5. The lowest BCUT2D eigenvalue weighted by atomic mass is 9.80. The summed E-state index contributed by atoms with van der Waals surface area (Å²) in [5, 5.41) is 21.4. The second-order valence-corrected chi connectivity index (χ2v) is 11.4. The number of carboxylic acids is 3. The maximum absolute atomic E-state index is 10.6. The number of morpholine rings is 1. The molecule has 286 valence electrons. The van der Waals surface area contributed by atoms with E-state index in [0.29, 0.717) is 19.0 Å². The first-order valence-electron chi connectivity index (χ1n) is 14.5. The molecule has 0 radical (unpaired) electrons. The van der Waals surface area contributed by atoms with E-state index in [0.717, 1.165) is 61.9 Å². The molecule has 5 N–H and O–H groups in total. The number of pyridine rings is 1. The van der Waals surface area contributed by atoms with Crippen molar-refractivity contribution in [1.29, 1.82) is 0 Å². The molecule has 2 fully saturated rings. The molecule has 14 nitrogen and oxygen atoms in total. The van der Waals surface area contributed by atoms with E-state index in [2.05, 4.69) is 39.7 Å². The number of hydrogen-bond acceptors (Lipinski definition) is 11. The van der Waals surface area contributed by atoms with Gasteiger partial charge in [-0.25, -0.2) is 29.3 Å². The van der Waals surface area contributed by atoms with Crippen LogP contribution in [0.2, 0.25) is 0 Å². The smallest absolute Gasteiger partial charge is 0.475 e. The molecule has 3 unspecified atom stereocenters. The zero-order valence-electron chi connectivity index (χ0n) is 26.7. The topological polar surface area (TPSA) is 202 Å². The molecule has 1 spiro atoms. The number of fused-ring (bicyclic) bond motifs is 2. The van der Waals surface area contributed by atoms with E-state index in [1.165, 1.54) is 0 Å². The van der Waals surface area contributed by atoms with Gasteiger partial charge in [-0.1, -0.05) is 6.07 Å². The van der Waals surface area contributed by atoms with E-state index in [1.807, 2.05) is 12.3 Å². The Labute approximate surface area is 283 Å². The summed E-state index contributed by atoms with van der Waals surface area (Å²) < 4.78 is 107. The number of aromatic nitrogens is 3. The molecule has 3 atom stereocenters. The lowest BCUT2D eigenvalue weighted by Crippen LogP contribution is -2.47. The molecule has 3 aliphatic heterocycles. The first kappa shape index (κ1) is 42.7. The lowest BCUT2D eigenvalue weighted by molar-refractivity contribution is -0.193. The minimum absolute atomic E-state index is 0.0915. The van der Waals surface area contributed by atoms with E-state index in [1.54, 1.807) is 6.20 Å². The van der Waals surface area contributed by atoms with Gasteiger partial charge in [0.25, 0.3) is 0 Å². The molecule has 0 aliphatic carbocycles. The predicted molar refractivity (Wildman–Crippen MR) is 155 cm³/mol. The highest BCUT2D eigenvalue weighted by Gasteiger charge is 2.45. The summed E-state index contributed by atoms with van der Waals surface area (Å²) in [5.41, 5.74) is 9.33. The largest absolute Gasteiger partial charge is 0.490 e. The van der Waals surface area contributed by atoms with Crippen molar-refractivity contribution in [3.8, 4) is 0 Å². The number of hydrogen-bond donors (Lipinski definition) is 4. The van der Waals surface area contributed by atoms with Gasteiger partial charge in [-0.2, -0.15) is 39.5 Å². The van der Waals surface area contributed by atoms with Crippen LogP contribution in [0.5, 0.6) is 0 Å². The Morgan fingerprint density at radius 2 is 1.43 bits per heavy atom. The van der Waals surface area contributed by atoms with Gasteiger partial charge in [-0.3, -0.25) is 4.90 Å². The highest BCUT2D eigenvalue weighted by Crippen LogP contribution is 2.40. The number of aliphatic carboxylic acids is 3. The summed E-state index contributed by atoms with van der Waals surface area (Å²) in [6, 6.07) is 4.00. The SMILES string of the molecule is CC1CN(c2ncc3c(n2)C2(CCN(Cc4cccnc4N)C2)COC3)CC(C)O1.O=C(O)C(F)(F)F.O=C(O)C(F)(F)F.O=C(O)C(F)(F)F. The van der Waals surface area contributed by atoms with E-state index in [4.69, 9.17) is 49.9 Å². The van der Waals surface area contributed by atoms with Crippen molar-refractivity contribution in [2.75, 3.05) is 43.4 Å². The lowest BCUT2D eigenvalue weighted by Gasteiger charge is -2.38. The zero-order valence-corrected chi connectivity index (χ0v) is 26.7. The van der Waals surface area contributed by atoms with Crippen LogP contribution in [0.15, 0.2) is 24.5 Å². The molecule has 0 aromatic carbocycles. The molecule has 0 amide bonds. The highest BCUT2D eigenvalue weighted by molar-refractivity contribution is 5.73. The van der Waals surface area contributed by atoms with E-state index in [-0.39, 0.29) is 17.6 Å². The number of nitrogens with two attached hydrogens (primary N) is 1. The maximum Gasteiger partial charge on any atom is 0.490 e. The third-order valence-electron chi connectivity index (χ3n) is 7.17. The first-order valence-corrected chi connectivity index (χ1v) is 14.5. The van der Waals surface area contributed by atoms with Crippen LogP contribution in [0.25, 0.3) is 0 Å². The fourth-order valence-electron chi connectivity index (χ4n) is 5.11. The second kappa shape index (κ2) is 17.1. The summed E-state index contributed by atoms with van der Waals surface area (Å²) in [5.74, 6) is -6.85.